The van der Waals surface area contributed by atoms with E-state index in [1.807, 2.05) is 20.8 Å². The number of nitrogens with zero attached hydrogens (tertiary/aromatic N) is 2. The van der Waals surface area contributed by atoms with E-state index in [2.05, 4.69) is 4.98 Å². The number of hydrogen-bond acceptors (Lipinski definition) is 5. The van der Waals surface area contributed by atoms with Gasteiger partial charge in [-0.15, -0.1) is 0 Å². The Balaban J connectivity index is 1.38. The molecule has 1 saturated heterocycles. The fraction of sp³-hybridized carbons (Fsp3) is 0.429. The molecule has 1 fully saturated rings. The monoisotopic (exact) mass is 653 g/mol. The first-order chi connectivity index (χ1) is 21.6. The van der Waals surface area contributed by atoms with E-state index in [1.54, 1.807) is 29.3 Å². The maximum absolute atomic E-state index is 16.4. The molecule has 8 nitrogen and oxygen atoms in total. The van der Waals surface area contributed by atoms with Crippen molar-refractivity contribution in [3.63, 3.8) is 0 Å². The minimum atomic E-state index is -3.70. The number of likely N-dealkylation sites (tertiary alicyclic amines) is 1. The van der Waals surface area contributed by atoms with E-state index >= 15 is 8.78 Å². The zero-order chi connectivity index (χ0) is 33.4. The summed E-state index contributed by atoms with van der Waals surface area (Å²) in [7, 11) is -2.17. The Kier molecular flexibility index (Phi) is 9.19. The van der Waals surface area contributed by atoms with Gasteiger partial charge in [0, 0.05) is 54.6 Å². The number of pyridine rings is 1. The van der Waals surface area contributed by atoms with Crippen molar-refractivity contribution < 1.29 is 26.7 Å². The molecule has 0 saturated carbocycles. The molecule has 1 amide bonds. The van der Waals surface area contributed by atoms with Crippen LogP contribution >= 0.6 is 0 Å². The molecule has 0 spiro atoms. The lowest BCUT2D eigenvalue weighted by molar-refractivity contribution is 0.0181. The fourth-order valence-corrected chi connectivity index (χ4v) is 6.91. The molecule has 0 bridgehead atoms. The maximum atomic E-state index is 16.4. The van der Waals surface area contributed by atoms with Crippen molar-refractivity contribution in [1.82, 2.24) is 14.5 Å². The van der Waals surface area contributed by atoms with E-state index in [1.165, 1.54) is 55.1 Å². The van der Waals surface area contributed by atoms with Crippen molar-refractivity contribution in [3.8, 4) is 11.1 Å². The lowest BCUT2D eigenvalue weighted by Crippen LogP contribution is -2.41. The van der Waals surface area contributed by atoms with Crippen molar-refractivity contribution in [1.29, 1.82) is 0 Å². The lowest BCUT2D eigenvalue weighted by atomic mass is 9.89. The summed E-state index contributed by atoms with van der Waals surface area (Å²) in [5.41, 5.74) is 0.130. The number of aryl methyl sites for hydroxylation is 2. The third-order valence-electron chi connectivity index (χ3n) is 8.68. The van der Waals surface area contributed by atoms with Gasteiger partial charge in [-0.2, -0.15) is 8.78 Å². The van der Waals surface area contributed by atoms with Gasteiger partial charge in [-0.1, -0.05) is 37.3 Å². The minimum absolute atomic E-state index is 0.0431. The Morgan fingerprint density at radius 1 is 1.02 bits per heavy atom. The highest BCUT2D eigenvalue weighted by atomic mass is 32.2. The Bertz CT molecular complexity index is 1900. The number of sulfone groups is 1. The van der Waals surface area contributed by atoms with Crippen LogP contribution in [-0.2, 0) is 34.0 Å². The highest BCUT2D eigenvalue weighted by Crippen LogP contribution is 2.43. The number of fused-ring (bicyclic) bond motifs is 1. The molecular formula is C35H41F2N3O5S. The second-order valence-corrected chi connectivity index (χ2v) is 15.3. The van der Waals surface area contributed by atoms with Gasteiger partial charge in [-0.3, -0.25) is 4.79 Å². The Morgan fingerprint density at radius 2 is 1.70 bits per heavy atom. The van der Waals surface area contributed by atoms with Crippen LogP contribution in [0.5, 0.6) is 0 Å². The van der Waals surface area contributed by atoms with E-state index in [4.69, 9.17) is 4.74 Å². The van der Waals surface area contributed by atoms with Gasteiger partial charge in [0.2, 0.25) is 0 Å². The molecule has 1 N–H and O–H groups in total. The molecule has 4 aromatic rings. The summed E-state index contributed by atoms with van der Waals surface area (Å²) in [5.74, 6) is -3.22. The van der Waals surface area contributed by atoms with Gasteiger partial charge in [0.05, 0.1) is 10.6 Å². The molecule has 1 aliphatic rings. The lowest BCUT2D eigenvalue weighted by Gasteiger charge is -2.33. The van der Waals surface area contributed by atoms with Gasteiger partial charge < -0.3 is 19.2 Å². The van der Waals surface area contributed by atoms with Crippen LogP contribution < -0.4 is 5.56 Å². The van der Waals surface area contributed by atoms with Crippen LogP contribution in [0.3, 0.4) is 0 Å². The van der Waals surface area contributed by atoms with Crippen molar-refractivity contribution >= 4 is 26.8 Å². The second-order valence-electron chi connectivity index (χ2n) is 13.1. The van der Waals surface area contributed by atoms with Crippen molar-refractivity contribution in [2.45, 2.75) is 69.8 Å². The molecule has 2 aromatic carbocycles. The van der Waals surface area contributed by atoms with Gasteiger partial charge in [0.1, 0.15) is 11.1 Å². The Labute approximate surface area is 268 Å². The third kappa shape index (κ3) is 6.89. The summed E-state index contributed by atoms with van der Waals surface area (Å²) in [5, 5.41) is 0.429. The third-order valence-corrected chi connectivity index (χ3v) is 10.4. The number of halogens is 2. The first-order valence-corrected chi connectivity index (χ1v) is 17.3. The molecule has 246 valence electrons. The number of piperidine rings is 1. The number of rotatable bonds is 8. The van der Waals surface area contributed by atoms with E-state index in [9.17, 15) is 18.0 Å². The number of nitrogens with one attached hydrogen (secondary N) is 1. The van der Waals surface area contributed by atoms with Crippen LogP contribution in [0.1, 0.15) is 63.6 Å². The number of H-pyrrole nitrogens is 1. The molecule has 0 radical (unpaired) electrons. The quantitative estimate of drug-likeness (QED) is 0.220. The molecule has 3 heterocycles. The summed E-state index contributed by atoms with van der Waals surface area (Å²) < 4.78 is 65.1. The molecule has 1 aliphatic heterocycles. The molecule has 11 heteroatoms. The normalized spacial score (nSPS) is 15.0. The van der Waals surface area contributed by atoms with Crippen molar-refractivity contribution in [2.75, 3.05) is 18.8 Å². The standard InChI is InChI=1S/C35H41F2N3O5S/c1-6-46(43,44)26-13-14-30(28(21-26)29-22-39(5)32(41)31-27(29)15-18-38-31)35(36,37)25-11-9-23(10-12-25)7-8-24-16-19-40(20-17-24)33(42)45-34(2,3)4/h9-15,18,21-22,24,38H,6-8,16-17,19-20H2,1-5H3. The summed E-state index contributed by atoms with van der Waals surface area (Å²) >= 11 is 0. The van der Waals surface area contributed by atoms with Crippen LogP contribution in [-0.4, -0.2) is 53.4 Å². The van der Waals surface area contributed by atoms with Gasteiger partial charge in [0.25, 0.3) is 11.5 Å². The average molecular weight is 654 g/mol. The summed E-state index contributed by atoms with van der Waals surface area (Å²) in [6.45, 7) is 8.32. The molecule has 0 atom stereocenters. The zero-order valence-corrected chi connectivity index (χ0v) is 27.7. The number of ether oxygens (including phenoxy) is 1. The number of amides is 1. The van der Waals surface area contributed by atoms with Crippen LogP contribution in [0.25, 0.3) is 22.0 Å². The van der Waals surface area contributed by atoms with Crippen LogP contribution in [0.4, 0.5) is 13.6 Å². The zero-order valence-electron chi connectivity index (χ0n) is 26.9. The van der Waals surface area contributed by atoms with Gasteiger partial charge in [-0.25, -0.2) is 13.2 Å². The Morgan fingerprint density at radius 3 is 2.33 bits per heavy atom. The van der Waals surface area contributed by atoms with Crippen LogP contribution in [0.15, 0.2) is 70.6 Å². The fourth-order valence-electron chi connectivity index (χ4n) is 6.00. The average Bonchev–Trinajstić information content (AvgIpc) is 3.51. The largest absolute Gasteiger partial charge is 0.444 e. The molecular weight excluding hydrogens is 612 g/mol. The first kappa shape index (κ1) is 33.4. The van der Waals surface area contributed by atoms with Crippen LogP contribution in [0.2, 0.25) is 0 Å². The van der Waals surface area contributed by atoms with Gasteiger partial charge >= 0.3 is 6.09 Å². The SMILES string of the molecule is CCS(=O)(=O)c1ccc(C(F)(F)c2ccc(CCC3CCN(C(=O)OC(C)(C)C)CC3)cc2)c(-c2cn(C)c(=O)c3[nH]ccc23)c1. The molecule has 0 aliphatic carbocycles. The van der Waals surface area contributed by atoms with E-state index < -0.39 is 21.4 Å². The predicted molar refractivity (Wildman–Crippen MR) is 175 cm³/mol. The number of aromatic amines is 1. The smallest absolute Gasteiger partial charge is 0.410 e. The number of carbonyl (C=O) groups excluding carboxylic acids is 1. The van der Waals surface area contributed by atoms with E-state index in [0.717, 1.165) is 31.2 Å². The summed E-state index contributed by atoms with van der Waals surface area (Å²) in [6.07, 6.45) is 6.07. The number of alkyl halides is 2. The maximum Gasteiger partial charge on any atom is 0.410 e. The number of hydrogen-bond donors (Lipinski definition) is 1. The van der Waals surface area contributed by atoms with E-state index in [0.29, 0.717) is 30.0 Å². The number of benzene rings is 2. The van der Waals surface area contributed by atoms with Crippen molar-refractivity contribution in [2.24, 2.45) is 13.0 Å². The van der Waals surface area contributed by atoms with E-state index in [-0.39, 0.29) is 44.5 Å². The highest BCUT2D eigenvalue weighted by Gasteiger charge is 2.37. The van der Waals surface area contributed by atoms with Gasteiger partial charge in [-0.05, 0) is 81.7 Å². The second kappa shape index (κ2) is 12.7. The van der Waals surface area contributed by atoms with Gasteiger partial charge in [0.15, 0.2) is 9.84 Å². The molecule has 5 rings (SSSR count). The number of carbonyl (C=O) groups is 1. The highest BCUT2D eigenvalue weighted by molar-refractivity contribution is 7.91. The predicted octanol–water partition coefficient (Wildman–Crippen LogP) is 7.05. The summed E-state index contributed by atoms with van der Waals surface area (Å²) in [6, 6.07) is 11.6. The molecule has 46 heavy (non-hydrogen) atoms. The minimum Gasteiger partial charge on any atom is -0.444 e. The van der Waals surface area contributed by atoms with Crippen LogP contribution in [0, 0.1) is 5.92 Å². The number of aromatic nitrogens is 2. The topological polar surface area (TPSA) is 101 Å². The molecule has 2 aromatic heterocycles. The first-order valence-electron chi connectivity index (χ1n) is 15.6. The Hall–Kier alpha value is -3.99. The summed E-state index contributed by atoms with van der Waals surface area (Å²) in [4.78, 5) is 29.6. The van der Waals surface area contributed by atoms with Crippen molar-refractivity contribution in [3.05, 3.63) is 88.0 Å². The molecule has 0 unspecified atom stereocenters.